The Labute approximate surface area is 78.2 Å². The van der Waals surface area contributed by atoms with Crippen molar-refractivity contribution in [3.63, 3.8) is 0 Å². The molecule has 0 aromatic rings. The first-order valence-electron chi connectivity index (χ1n) is 4.63. The van der Waals surface area contributed by atoms with Gasteiger partial charge in [0.25, 0.3) is 0 Å². The third-order valence-electron chi connectivity index (χ3n) is 2.32. The summed E-state index contributed by atoms with van der Waals surface area (Å²) in [5.41, 5.74) is 0. The smallest absolute Gasteiger partial charge is 0.248 e. The van der Waals surface area contributed by atoms with Crippen molar-refractivity contribution in [2.45, 2.75) is 39.1 Å². The molecule has 0 saturated carbocycles. The van der Waals surface area contributed by atoms with Gasteiger partial charge in [0.1, 0.15) is 0 Å². The maximum atomic E-state index is 10.8. The third kappa shape index (κ3) is 2.21. The molecule has 1 unspecified atom stereocenters. The molecule has 1 amide bonds. The lowest BCUT2D eigenvalue weighted by molar-refractivity contribution is -0.126. The molecule has 0 bridgehead atoms. The van der Waals surface area contributed by atoms with Crippen LogP contribution in [-0.2, 0) is 4.79 Å². The summed E-state index contributed by atoms with van der Waals surface area (Å²) in [7, 11) is 0. The maximum absolute atomic E-state index is 10.8. The Bertz CT molecular complexity index is 212. The van der Waals surface area contributed by atoms with Crippen molar-refractivity contribution in [3.05, 3.63) is 12.3 Å². The summed E-state index contributed by atoms with van der Waals surface area (Å²) in [6.07, 6.45) is 4.12. The second-order valence-corrected chi connectivity index (χ2v) is 3.12. The zero-order valence-electron chi connectivity index (χ0n) is 8.03. The van der Waals surface area contributed by atoms with Crippen LogP contribution in [0.25, 0.3) is 0 Å². The summed E-state index contributed by atoms with van der Waals surface area (Å²) in [6, 6.07) is 0.284. The Hall–Kier alpha value is -1.03. The Balaban J connectivity index is 2.68. The third-order valence-corrected chi connectivity index (χ3v) is 2.32. The van der Waals surface area contributed by atoms with Crippen LogP contribution >= 0.6 is 0 Å². The van der Waals surface area contributed by atoms with Gasteiger partial charge in [0.2, 0.25) is 12.3 Å². The first-order chi connectivity index (χ1) is 6.19. The molecule has 4 heteroatoms. The molecule has 0 aliphatic carbocycles. The van der Waals surface area contributed by atoms with E-state index in [1.807, 2.05) is 0 Å². The first kappa shape index (κ1) is 10.1. The van der Waals surface area contributed by atoms with Gasteiger partial charge in [-0.05, 0) is 12.8 Å². The van der Waals surface area contributed by atoms with Gasteiger partial charge < -0.3 is 15.3 Å². The van der Waals surface area contributed by atoms with Crippen LogP contribution in [-0.4, -0.2) is 28.3 Å². The lowest BCUT2D eigenvalue weighted by Gasteiger charge is -2.35. The fourth-order valence-electron chi connectivity index (χ4n) is 1.52. The Morgan fingerprint density at radius 3 is 2.69 bits per heavy atom. The molecular formula is C9H16N2O2. The molecule has 2 N–H and O–H groups in total. The topological polar surface area (TPSA) is 52.6 Å². The molecule has 0 spiro atoms. The van der Waals surface area contributed by atoms with Crippen molar-refractivity contribution in [2.75, 3.05) is 0 Å². The van der Waals surface area contributed by atoms with Gasteiger partial charge in [0, 0.05) is 18.3 Å². The lowest BCUT2D eigenvalue weighted by Crippen LogP contribution is -2.52. The van der Waals surface area contributed by atoms with E-state index in [0.717, 1.165) is 12.8 Å². The monoisotopic (exact) mass is 184 g/mol. The van der Waals surface area contributed by atoms with Gasteiger partial charge in [-0.25, -0.2) is 0 Å². The van der Waals surface area contributed by atoms with Crippen molar-refractivity contribution in [1.29, 1.82) is 0 Å². The molecule has 13 heavy (non-hydrogen) atoms. The fraction of sp³-hybridized carbons (Fsp3) is 0.667. The predicted molar refractivity (Wildman–Crippen MR) is 49.5 cm³/mol. The number of nitrogens with zero attached hydrogens (tertiary/aromatic N) is 1. The molecule has 1 aliphatic heterocycles. The molecule has 1 heterocycles. The molecule has 1 atom stereocenters. The van der Waals surface area contributed by atoms with Crippen LogP contribution in [0.5, 0.6) is 0 Å². The van der Waals surface area contributed by atoms with Crippen molar-refractivity contribution >= 4 is 5.91 Å². The van der Waals surface area contributed by atoms with Gasteiger partial charge in [-0.1, -0.05) is 13.8 Å². The molecule has 0 aromatic carbocycles. The summed E-state index contributed by atoms with van der Waals surface area (Å²) >= 11 is 0. The van der Waals surface area contributed by atoms with E-state index in [9.17, 15) is 9.90 Å². The minimum atomic E-state index is -0.873. The van der Waals surface area contributed by atoms with E-state index in [2.05, 4.69) is 19.2 Å². The molecule has 1 aliphatic rings. The van der Waals surface area contributed by atoms with E-state index in [1.165, 1.54) is 6.08 Å². The number of nitrogens with one attached hydrogen (secondary N) is 1. The van der Waals surface area contributed by atoms with Gasteiger partial charge in [0.05, 0.1) is 0 Å². The zero-order chi connectivity index (χ0) is 9.84. The standard InChI is InChI=1S/C9H16N2O2/c1-3-7(4-2)11-6-5-8(12)10-9(11)13/h5-7,9,13H,3-4H2,1-2H3,(H,10,12). The fourth-order valence-corrected chi connectivity index (χ4v) is 1.52. The van der Waals surface area contributed by atoms with E-state index in [0.29, 0.717) is 0 Å². The molecule has 0 fully saturated rings. The predicted octanol–water partition coefficient (Wildman–Crippen LogP) is 0.396. The highest BCUT2D eigenvalue weighted by Gasteiger charge is 2.23. The van der Waals surface area contributed by atoms with Crippen LogP contribution in [0.2, 0.25) is 0 Å². The largest absolute Gasteiger partial charge is 0.356 e. The van der Waals surface area contributed by atoms with E-state index < -0.39 is 6.35 Å². The molecule has 0 radical (unpaired) electrons. The highest BCUT2D eigenvalue weighted by atomic mass is 16.3. The van der Waals surface area contributed by atoms with E-state index in [-0.39, 0.29) is 11.9 Å². The molecule has 74 valence electrons. The Kier molecular flexibility index (Phi) is 3.31. The van der Waals surface area contributed by atoms with Crippen LogP contribution in [0.3, 0.4) is 0 Å². The summed E-state index contributed by atoms with van der Waals surface area (Å²) in [5.74, 6) is -0.241. The quantitative estimate of drug-likeness (QED) is 0.667. The number of carbonyl (C=O) groups excluding carboxylic acids is 1. The van der Waals surface area contributed by atoms with Gasteiger partial charge >= 0.3 is 0 Å². The van der Waals surface area contributed by atoms with Gasteiger partial charge in [-0.15, -0.1) is 0 Å². The Morgan fingerprint density at radius 1 is 1.62 bits per heavy atom. The summed E-state index contributed by atoms with van der Waals surface area (Å²) in [4.78, 5) is 12.6. The number of hydrogen-bond donors (Lipinski definition) is 2. The molecule has 4 nitrogen and oxygen atoms in total. The first-order valence-corrected chi connectivity index (χ1v) is 4.63. The molecular weight excluding hydrogens is 168 g/mol. The molecule has 1 rings (SSSR count). The normalized spacial score (nSPS) is 22.3. The van der Waals surface area contributed by atoms with Gasteiger partial charge in [-0.2, -0.15) is 0 Å². The number of aliphatic hydroxyl groups is 1. The van der Waals surface area contributed by atoms with Crippen LogP contribution in [0.4, 0.5) is 0 Å². The van der Waals surface area contributed by atoms with Crippen LogP contribution < -0.4 is 5.32 Å². The van der Waals surface area contributed by atoms with E-state index >= 15 is 0 Å². The number of aliphatic hydroxyl groups excluding tert-OH is 1. The minimum Gasteiger partial charge on any atom is -0.356 e. The second kappa shape index (κ2) is 4.28. The summed E-state index contributed by atoms with van der Waals surface area (Å²) < 4.78 is 0. The number of hydrogen-bond acceptors (Lipinski definition) is 3. The van der Waals surface area contributed by atoms with Crippen LogP contribution in [0, 0.1) is 0 Å². The molecule has 0 saturated heterocycles. The van der Waals surface area contributed by atoms with Crippen molar-refractivity contribution in [1.82, 2.24) is 10.2 Å². The van der Waals surface area contributed by atoms with Crippen molar-refractivity contribution in [3.8, 4) is 0 Å². The lowest BCUT2D eigenvalue weighted by atomic mass is 10.1. The van der Waals surface area contributed by atoms with Gasteiger partial charge in [0.15, 0.2) is 0 Å². The van der Waals surface area contributed by atoms with E-state index in [1.54, 1.807) is 11.1 Å². The minimum absolute atomic E-state index is 0.241. The second-order valence-electron chi connectivity index (χ2n) is 3.12. The van der Waals surface area contributed by atoms with E-state index in [4.69, 9.17) is 0 Å². The summed E-state index contributed by atoms with van der Waals surface area (Å²) in [6.45, 7) is 4.12. The zero-order valence-corrected chi connectivity index (χ0v) is 8.03. The maximum Gasteiger partial charge on any atom is 0.248 e. The number of rotatable bonds is 3. The highest BCUT2D eigenvalue weighted by molar-refractivity contribution is 5.88. The summed E-state index contributed by atoms with van der Waals surface area (Å²) in [5, 5.41) is 11.9. The number of amides is 1. The van der Waals surface area contributed by atoms with Crippen molar-refractivity contribution in [2.24, 2.45) is 0 Å². The molecule has 0 aromatic heterocycles. The van der Waals surface area contributed by atoms with Crippen LogP contribution in [0.15, 0.2) is 12.3 Å². The Morgan fingerprint density at radius 2 is 2.23 bits per heavy atom. The van der Waals surface area contributed by atoms with Crippen LogP contribution in [0.1, 0.15) is 26.7 Å². The average Bonchev–Trinajstić information content (AvgIpc) is 2.10. The average molecular weight is 184 g/mol. The SMILES string of the molecule is CCC(CC)N1C=CC(=O)NC1O. The van der Waals surface area contributed by atoms with Crippen molar-refractivity contribution < 1.29 is 9.90 Å². The highest BCUT2D eigenvalue weighted by Crippen LogP contribution is 2.13. The number of carbonyl (C=O) groups is 1. The van der Waals surface area contributed by atoms with Gasteiger partial charge in [-0.3, -0.25) is 4.79 Å².